The van der Waals surface area contributed by atoms with Gasteiger partial charge < -0.3 is 20.5 Å². The first-order valence-electron chi connectivity index (χ1n) is 9.26. The van der Waals surface area contributed by atoms with Gasteiger partial charge in [0.1, 0.15) is 5.75 Å². The molecular formula is C20H25N3O3. The lowest BCUT2D eigenvalue weighted by atomic mass is 9.65. The number of benzene rings is 1. The number of amides is 1. The van der Waals surface area contributed by atoms with Crippen LogP contribution in [0.25, 0.3) is 0 Å². The number of carbonyl (C=O) groups excluding carboxylic acids is 1. The number of anilines is 1. The molecule has 3 N–H and O–H groups in total. The summed E-state index contributed by atoms with van der Waals surface area (Å²) in [7, 11) is 1.63. The van der Waals surface area contributed by atoms with Gasteiger partial charge in [0.25, 0.3) is 0 Å². The first-order chi connectivity index (χ1) is 12.7. The molecule has 6 nitrogen and oxygen atoms in total. The highest BCUT2D eigenvalue weighted by Gasteiger charge is 2.52. The number of aliphatic imine (C=N–C) groups is 1. The Labute approximate surface area is 153 Å². The average Bonchev–Trinajstić information content (AvgIpc) is 2.93. The van der Waals surface area contributed by atoms with Crippen LogP contribution in [0.15, 0.2) is 29.4 Å². The van der Waals surface area contributed by atoms with E-state index in [-0.39, 0.29) is 11.9 Å². The van der Waals surface area contributed by atoms with Crippen molar-refractivity contribution in [3.8, 4) is 5.75 Å². The van der Waals surface area contributed by atoms with Crippen LogP contribution in [0, 0.1) is 0 Å². The largest absolute Gasteiger partial charge is 0.495 e. The highest BCUT2D eigenvalue weighted by molar-refractivity contribution is 6.13. The summed E-state index contributed by atoms with van der Waals surface area (Å²) < 4.78 is 11.0. The Morgan fingerprint density at radius 2 is 2.15 bits per heavy atom. The SMILES string of the molecule is COc1cc(C(C=CN)=NC2CCOCC2)cc2c1NC(=O)C21CCC1. The Balaban J connectivity index is 1.78. The van der Waals surface area contributed by atoms with E-state index in [4.69, 9.17) is 20.2 Å². The van der Waals surface area contributed by atoms with E-state index < -0.39 is 5.41 Å². The molecule has 0 bridgehead atoms. The van der Waals surface area contributed by atoms with E-state index in [9.17, 15) is 4.79 Å². The maximum absolute atomic E-state index is 12.6. The van der Waals surface area contributed by atoms with Crippen molar-refractivity contribution < 1.29 is 14.3 Å². The van der Waals surface area contributed by atoms with E-state index in [0.29, 0.717) is 5.75 Å². The fourth-order valence-corrected chi connectivity index (χ4v) is 4.13. The van der Waals surface area contributed by atoms with Crippen molar-refractivity contribution in [1.29, 1.82) is 0 Å². The highest BCUT2D eigenvalue weighted by Crippen LogP contribution is 2.53. The van der Waals surface area contributed by atoms with Crippen molar-refractivity contribution in [2.45, 2.75) is 43.6 Å². The van der Waals surface area contributed by atoms with Gasteiger partial charge in [-0.15, -0.1) is 0 Å². The molecule has 4 rings (SSSR count). The predicted molar refractivity (Wildman–Crippen MR) is 101 cm³/mol. The van der Waals surface area contributed by atoms with E-state index in [1.807, 2.05) is 12.1 Å². The van der Waals surface area contributed by atoms with Crippen LogP contribution in [0.1, 0.15) is 43.2 Å². The van der Waals surface area contributed by atoms with E-state index in [1.54, 1.807) is 7.11 Å². The molecule has 3 aliphatic rings. The van der Waals surface area contributed by atoms with Crippen LogP contribution in [0.2, 0.25) is 0 Å². The minimum Gasteiger partial charge on any atom is -0.495 e. The summed E-state index contributed by atoms with van der Waals surface area (Å²) in [6, 6.07) is 4.26. The standard InChI is InChI=1S/C20H25N3O3/c1-25-17-12-13(16(3-8-21)22-14-4-9-26-10-5-14)11-15-18(17)23-19(24)20(15)6-2-7-20/h3,8,11-12,14H,2,4-7,9-10,21H2,1H3,(H,23,24). The second-order valence-corrected chi connectivity index (χ2v) is 7.21. The molecule has 1 amide bonds. The third-order valence-electron chi connectivity index (χ3n) is 5.78. The van der Waals surface area contributed by atoms with Gasteiger partial charge >= 0.3 is 0 Å². The molecule has 1 aromatic carbocycles. The minimum atomic E-state index is -0.394. The molecule has 0 atom stereocenters. The summed E-state index contributed by atoms with van der Waals surface area (Å²) in [6.45, 7) is 1.48. The number of nitrogens with zero attached hydrogens (tertiary/aromatic N) is 1. The second-order valence-electron chi connectivity index (χ2n) is 7.21. The van der Waals surface area contributed by atoms with Crippen LogP contribution in [0.5, 0.6) is 5.75 Å². The number of ether oxygens (including phenoxy) is 2. The number of nitrogens with one attached hydrogen (secondary N) is 1. The molecule has 2 aliphatic heterocycles. The first kappa shape index (κ1) is 17.1. The fourth-order valence-electron chi connectivity index (χ4n) is 4.13. The summed E-state index contributed by atoms with van der Waals surface area (Å²) in [5.41, 5.74) is 8.90. The lowest BCUT2D eigenvalue weighted by Crippen LogP contribution is -2.40. The van der Waals surface area contributed by atoms with Gasteiger partial charge in [0, 0.05) is 18.8 Å². The van der Waals surface area contributed by atoms with Crippen molar-refractivity contribution in [3.05, 3.63) is 35.5 Å². The van der Waals surface area contributed by atoms with Crippen LogP contribution in [0.3, 0.4) is 0 Å². The monoisotopic (exact) mass is 355 g/mol. The maximum atomic E-state index is 12.6. The van der Waals surface area contributed by atoms with Crippen molar-refractivity contribution in [3.63, 3.8) is 0 Å². The van der Waals surface area contributed by atoms with Gasteiger partial charge in [0.05, 0.1) is 30.0 Å². The predicted octanol–water partition coefficient (Wildman–Crippen LogP) is 2.51. The topological polar surface area (TPSA) is 85.9 Å². The van der Waals surface area contributed by atoms with Gasteiger partial charge in [-0.25, -0.2) is 0 Å². The molecule has 1 aromatic rings. The molecule has 2 fully saturated rings. The molecule has 1 saturated heterocycles. The van der Waals surface area contributed by atoms with E-state index in [2.05, 4.69) is 11.4 Å². The van der Waals surface area contributed by atoms with Crippen LogP contribution >= 0.6 is 0 Å². The van der Waals surface area contributed by atoms with Gasteiger partial charge in [-0.2, -0.15) is 0 Å². The number of hydrogen-bond donors (Lipinski definition) is 2. The van der Waals surface area contributed by atoms with E-state index in [0.717, 1.165) is 67.8 Å². The zero-order valence-corrected chi connectivity index (χ0v) is 15.1. The fraction of sp³-hybridized carbons (Fsp3) is 0.500. The highest BCUT2D eigenvalue weighted by atomic mass is 16.5. The molecule has 2 heterocycles. The zero-order valence-electron chi connectivity index (χ0n) is 15.1. The van der Waals surface area contributed by atoms with Gasteiger partial charge in [-0.1, -0.05) is 6.42 Å². The molecule has 6 heteroatoms. The summed E-state index contributed by atoms with van der Waals surface area (Å²) in [5, 5.41) is 3.03. The molecule has 138 valence electrons. The number of rotatable bonds is 4. The third kappa shape index (κ3) is 2.69. The molecule has 1 saturated carbocycles. The molecule has 1 aliphatic carbocycles. The van der Waals surface area contributed by atoms with Gasteiger partial charge in [0.2, 0.25) is 5.91 Å². The normalized spacial score (nSPS) is 22.3. The smallest absolute Gasteiger partial charge is 0.235 e. The van der Waals surface area contributed by atoms with Gasteiger partial charge in [0.15, 0.2) is 0 Å². The lowest BCUT2D eigenvalue weighted by Gasteiger charge is -2.36. The minimum absolute atomic E-state index is 0.0893. The Hall–Kier alpha value is -2.34. The third-order valence-corrected chi connectivity index (χ3v) is 5.78. The van der Waals surface area contributed by atoms with E-state index in [1.165, 1.54) is 6.20 Å². The van der Waals surface area contributed by atoms with Gasteiger partial charge in [-0.3, -0.25) is 9.79 Å². The van der Waals surface area contributed by atoms with Crippen LogP contribution in [0.4, 0.5) is 5.69 Å². The van der Waals surface area contributed by atoms with Crippen LogP contribution in [-0.2, 0) is 14.9 Å². The number of nitrogens with two attached hydrogens (primary N) is 1. The summed E-state index contributed by atoms with van der Waals surface area (Å²) in [4.78, 5) is 17.5. The Morgan fingerprint density at radius 1 is 1.38 bits per heavy atom. The second kappa shape index (κ2) is 6.76. The van der Waals surface area contributed by atoms with Crippen molar-refractivity contribution in [1.82, 2.24) is 0 Å². The number of hydrogen-bond acceptors (Lipinski definition) is 5. The molecule has 26 heavy (non-hydrogen) atoms. The van der Waals surface area contributed by atoms with Crippen molar-refractivity contribution in [2.24, 2.45) is 10.7 Å². The van der Waals surface area contributed by atoms with Crippen molar-refractivity contribution in [2.75, 3.05) is 25.6 Å². The Bertz CT molecular complexity index is 775. The number of methoxy groups -OCH3 is 1. The van der Waals surface area contributed by atoms with Crippen molar-refractivity contribution >= 4 is 17.3 Å². The quantitative estimate of drug-likeness (QED) is 0.813. The van der Waals surface area contributed by atoms with Gasteiger partial charge in [-0.05, 0) is 55.7 Å². The summed E-state index contributed by atoms with van der Waals surface area (Å²) >= 11 is 0. The molecule has 0 radical (unpaired) electrons. The molecule has 1 spiro atoms. The summed E-state index contributed by atoms with van der Waals surface area (Å²) in [5.74, 6) is 0.770. The molecule has 0 aromatic heterocycles. The number of allylic oxidation sites excluding steroid dienone is 1. The van der Waals surface area contributed by atoms with E-state index >= 15 is 0 Å². The average molecular weight is 355 g/mol. The zero-order chi connectivity index (χ0) is 18.1. The number of carbonyl (C=O) groups is 1. The summed E-state index contributed by atoms with van der Waals surface area (Å²) in [6.07, 6.45) is 8.01. The Morgan fingerprint density at radius 3 is 2.77 bits per heavy atom. The first-order valence-corrected chi connectivity index (χ1v) is 9.26. The Kier molecular flexibility index (Phi) is 4.44. The molecular weight excluding hydrogens is 330 g/mol. The lowest BCUT2D eigenvalue weighted by molar-refractivity contribution is -0.123. The maximum Gasteiger partial charge on any atom is 0.235 e. The van der Waals surface area contributed by atoms with Crippen LogP contribution < -0.4 is 15.8 Å². The van der Waals surface area contributed by atoms with Crippen LogP contribution in [-0.4, -0.2) is 38.0 Å². The number of fused-ring (bicyclic) bond motifs is 2. The molecule has 0 unspecified atom stereocenters.